The third-order valence-corrected chi connectivity index (χ3v) is 5.69. The van der Waals surface area contributed by atoms with Crippen LogP contribution >= 0.6 is 0 Å². The number of benzene rings is 1. The van der Waals surface area contributed by atoms with E-state index in [0.29, 0.717) is 25.3 Å². The Morgan fingerprint density at radius 2 is 1.93 bits per heavy atom. The Hall–Kier alpha value is -2.37. The van der Waals surface area contributed by atoms with Gasteiger partial charge < -0.3 is 10.6 Å². The van der Waals surface area contributed by atoms with Crippen molar-refractivity contribution in [3.8, 4) is 0 Å². The van der Waals surface area contributed by atoms with Crippen LogP contribution in [0.3, 0.4) is 0 Å². The highest BCUT2D eigenvalue weighted by molar-refractivity contribution is 6.04. The molecule has 1 saturated carbocycles. The molecular weight excluding hydrogens is 342 g/mol. The minimum atomic E-state index is -0.595. The van der Waals surface area contributed by atoms with Crippen molar-refractivity contribution in [3.63, 3.8) is 0 Å². The van der Waals surface area contributed by atoms with E-state index >= 15 is 0 Å². The van der Waals surface area contributed by atoms with E-state index in [1.54, 1.807) is 0 Å². The highest BCUT2D eigenvalue weighted by Crippen LogP contribution is 2.24. The molecule has 1 saturated heterocycles. The van der Waals surface area contributed by atoms with Crippen molar-refractivity contribution in [3.05, 3.63) is 35.9 Å². The lowest BCUT2D eigenvalue weighted by molar-refractivity contribution is -0.127. The van der Waals surface area contributed by atoms with Crippen molar-refractivity contribution in [1.29, 1.82) is 0 Å². The molecule has 2 aliphatic rings. The maximum atomic E-state index is 12.5. The largest absolute Gasteiger partial charge is 0.353 e. The van der Waals surface area contributed by atoms with Crippen molar-refractivity contribution in [2.24, 2.45) is 5.92 Å². The van der Waals surface area contributed by atoms with E-state index in [1.807, 2.05) is 30.3 Å². The standard InChI is InChI=1S/C21H29N3O3/c1-15-7-5-6-10-17(15)22-19(25)12-11-18-20(26)24(21(27)23-18)14-13-16-8-3-2-4-9-16/h2-4,8-9,15,17-18H,5-7,10-14H2,1H3,(H,22,25)(H,23,27)/t15-,17+,18-/m0/s1. The number of imide groups is 1. The molecule has 146 valence electrons. The van der Waals surface area contributed by atoms with Gasteiger partial charge in [-0.2, -0.15) is 0 Å². The van der Waals surface area contributed by atoms with E-state index in [9.17, 15) is 14.4 Å². The maximum Gasteiger partial charge on any atom is 0.324 e. The summed E-state index contributed by atoms with van der Waals surface area (Å²) < 4.78 is 0. The lowest BCUT2D eigenvalue weighted by Gasteiger charge is -2.29. The molecule has 0 spiro atoms. The van der Waals surface area contributed by atoms with Gasteiger partial charge in [0.1, 0.15) is 6.04 Å². The van der Waals surface area contributed by atoms with Gasteiger partial charge in [0.2, 0.25) is 5.91 Å². The van der Waals surface area contributed by atoms with E-state index < -0.39 is 6.04 Å². The minimum Gasteiger partial charge on any atom is -0.353 e. The molecular formula is C21H29N3O3. The van der Waals surface area contributed by atoms with E-state index in [-0.39, 0.29) is 30.3 Å². The van der Waals surface area contributed by atoms with Crippen LogP contribution in [-0.2, 0) is 16.0 Å². The van der Waals surface area contributed by atoms with Crippen molar-refractivity contribution in [2.45, 2.75) is 64.0 Å². The molecule has 1 aromatic rings. The van der Waals surface area contributed by atoms with Gasteiger partial charge >= 0.3 is 6.03 Å². The number of amides is 4. The summed E-state index contributed by atoms with van der Waals surface area (Å²) in [5.41, 5.74) is 1.09. The fourth-order valence-corrected chi connectivity index (χ4v) is 3.95. The molecule has 6 nitrogen and oxygen atoms in total. The third kappa shape index (κ3) is 5.08. The molecule has 0 aromatic heterocycles. The smallest absolute Gasteiger partial charge is 0.324 e. The van der Waals surface area contributed by atoms with Crippen molar-refractivity contribution in [2.75, 3.05) is 6.54 Å². The van der Waals surface area contributed by atoms with E-state index in [4.69, 9.17) is 0 Å². The van der Waals surface area contributed by atoms with Gasteiger partial charge in [0, 0.05) is 19.0 Å². The zero-order valence-electron chi connectivity index (χ0n) is 15.9. The Bertz CT molecular complexity index is 677. The molecule has 1 aliphatic heterocycles. The van der Waals surface area contributed by atoms with Gasteiger partial charge in [-0.3, -0.25) is 14.5 Å². The number of urea groups is 1. The number of hydrogen-bond acceptors (Lipinski definition) is 3. The van der Waals surface area contributed by atoms with Crippen LogP contribution in [0.5, 0.6) is 0 Å². The van der Waals surface area contributed by atoms with Gasteiger partial charge in [0.15, 0.2) is 0 Å². The van der Waals surface area contributed by atoms with Crippen LogP contribution in [0.4, 0.5) is 4.79 Å². The lowest BCUT2D eigenvalue weighted by Crippen LogP contribution is -2.41. The van der Waals surface area contributed by atoms with Gasteiger partial charge in [0.25, 0.3) is 5.91 Å². The highest BCUT2D eigenvalue weighted by Gasteiger charge is 2.37. The summed E-state index contributed by atoms with van der Waals surface area (Å²) in [5, 5.41) is 5.82. The molecule has 0 unspecified atom stereocenters. The highest BCUT2D eigenvalue weighted by atomic mass is 16.2. The van der Waals surface area contributed by atoms with Crippen LogP contribution in [0, 0.1) is 5.92 Å². The van der Waals surface area contributed by atoms with Gasteiger partial charge in [-0.25, -0.2) is 4.79 Å². The predicted molar refractivity (Wildman–Crippen MR) is 103 cm³/mol. The number of carbonyl (C=O) groups excluding carboxylic acids is 3. The number of carbonyl (C=O) groups is 3. The fourth-order valence-electron chi connectivity index (χ4n) is 3.95. The van der Waals surface area contributed by atoms with Crippen LogP contribution in [0.1, 0.15) is 51.0 Å². The Morgan fingerprint density at radius 3 is 2.67 bits per heavy atom. The van der Waals surface area contributed by atoms with E-state index in [0.717, 1.165) is 24.8 Å². The van der Waals surface area contributed by atoms with Crippen LogP contribution in [-0.4, -0.2) is 41.4 Å². The zero-order chi connectivity index (χ0) is 19.2. The average Bonchev–Trinajstić information content (AvgIpc) is 2.94. The molecule has 1 aliphatic carbocycles. The van der Waals surface area contributed by atoms with Crippen LogP contribution in [0.15, 0.2) is 30.3 Å². The Kier molecular flexibility index (Phi) is 6.48. The summed E-state index contributed by atoms with van der Waals surface area (Å²) in [6, 6.07) is 9.06. The summed E-state index contributed by atoms with van der Waals surface area (Å²) in [4.78, 5) is 38.1. The van der Waals surface area contributed by atoms with Crippen LogP contribution < -0.4 is 10.6 Å². The molecule has 0 radical (unpaired) electrons. The Morgan fingerprint density at radius 1 is 1.19 bits per heavy atom. The van der Waals surface area contributed by atoms with Crippen LogP contribution in [0.25, 0.3) is 0 Å². The molecule has 2 fully saturated rings. The fraction of sp³-hybridized carbons (Fsp3) is 0.571. The molecule has 3 atom stereocenters. The summed E-state index contributed by atoms with van der Waals surface area (Å²) in [6.45, 7) is 2.53. The number of nitrogens with zero attached hydrogens (tertiary/aromatic N) is 1. The van der Waals surface area contributed by atoms with Crippen molar-refractivity contribution in [1.82, 2.24) is 15.5 Å². The topological polar surface area (TPSA) is 78.5 Å². The molecule has 6 heteroatoms. The second kappa shape index (κ2) is 9.02. The first kappa shape index (κ1) is 19.4. The SMILES string of the molecule is C[C@H]1CCCC[C@H]1NC(=O)CC[C@@H]1NC(=O)N(CCc2ccccc2)C1=O. The maximum absolute atomic E-state index is 12.5. The monoisotopic (exact) mass is 371 g/mol. The molecule has 4 amide bonds. The minimum absolute atomic E-state index is 0.0291. The second-order valence-electron chi connectivity index (χ2n) is 7.70. The first-order valence-corrected chi connectivity index (χ1v) is 10.00. The van der Waals surface area contributed by atoms with Gasteiger partial charge in [-0.1, -0.05) is 50.1 Å². The average molecular weight is 371 g/mol. The third-order valence-electron chi connectivity index (χ3n) is 5.69. The van der Waals surface area contributed by atoms with Crippen LogP contribution in [0.2, 0.25) is 0 Å². The normalized spacial score (nSPS) is 25.4. The number of hydrogen-bond donors (Lipinski definition) is 2. The number of rotatable bonds is 7. The summed E-state index contributed by atoms with van der Waals surface area (Å²) in [5.74, 6) is 0.247. The summed E-state index contributed by atoms with van der Waals surface area (Å²) in [7, 11) is 0. The molecule has 1 heterocycles. The quantitative estimate of drug-likeness (QED) is 0.723. The Balaban J connectivity index is 1.44. The summed E-state index contributed by atoms with van der Waals surface area (Å²) >= 11 is 0. The van der Waals surface area contributed by atoms with E-state index in [2.05, 4.69) is 17.6 Å². The molecule has 0 bridgehead atoms. The van der Waals surface area contributed by atoms with Crippen molar-refractivity contribution < 1.29 is 14.4 Å². The van der Waals surface area contributed by atoms with Gasteiger partial charge in [-0.05, 0) is 37.2 Å². The lowest BCUT2D eigenvalue weighted by atomic mass is 9.86. The zero-order valence-corrected chi connectivity index (χ0v) is 15.9. The first-order valence-electron chi connectivity index (χ1n) is 10.00. The Labute approximate surface area is 160 Å². The second-order valence-corrected chi connectivity index (χ2v) is 7.70. The molecule has 3 rings (SSSR count). The number of nitrogens with one attached hydrogen (secondary N) is 2. The van der Waals surface area contributed by atoms with Gasteiger partial charge in [0.05, 0.1) is 0 Å². The predicted octanol–water partition coefficient (Wildman–Crippen LogP) is 2.62. The molecule has 2 N–H and O–H groups in total. The van der Waals surface area contributed by atoms with Crippen molar-refractivity contribution >= 4 is 17.8 Å². The first-order chi connectivity index (χ1) is 13.0. The van der Waals surface area contributed by atoms with E-state index in [1.165, 1.54) is 11.3 Å². The van der Waals surface area contributed by atoms with Gasteiger partial charge in [-0.15, -0.1) is 0 Å². The molecule has 27 heavy (non-hydrogen) atoms. The summed E-state index contributed by atoms with van der Waals surface area (Å²) in [6.07, 6.45) is 5.80. The molecule has 1 aromatic carbocycles.